The van der Waals surface area contributed by atoms with Gasteiger partial charge in [0.15, 0.2) is 0 Å². The number of rotatable bonds is 5. The first-order valence-electron chi connectivity index (χ1n) is 9.19. The lowest BCUT2D eigenvalue weighted by Crippen LogP contribution is -2.38. The highest BCUT2D eigenvalue weighted by atomic mass is 32.2. The largest absolute Gasteiger partial charge is 0.307 e. The molecular formula is C19H26N4O3S. The molecule has 0 bridgehead atoms. The smallest absolute Gasteiger partial charge is 0.256 e. The van der Waals surface area contributed by atoms with Crippen LogP contribution in [0, 0.1) is 6.92 Å². The van der Waals surface area contributed by atoms with Crippen LogP contribution < -0.4 is 5.32 Å². The topological polar surface area (TPSA) is 84.3 Å². The lowest BCUT2D eigenvalue weighted by atomic mass is 9.96. The average molecular weight is 391 g/mol. The standard InChI is InChI=1S/C19H26N4O3S/c1-14-13-18(22(2)21-14)20-19(24)15-9-11-17(12-10-15)27(25,26)23(3)16-7-5-4-6-8-16/h9-13,16H,4-8H2,1-3H3,(H,20,24). The second kappa shape index (κ2) is 7.82. The van der Waals surface area contributed by atoms with E-state index in [0.717, 1.165) is 31.4 Å². The summed E-state index contributed by atoms with van der Waals surface area (Å²) < 4.78 is 28.8. The summed E-state index contributed by atoms with van der Waals surface area (Å²) in [6.45, 7) is 1.85. The zero-order valence-electron chi connectivity index (χ0n) is 16.0. The maximum absolute atomic E-state index is 12.9. The highest BCUT2D eigenvalue weighted by Crippen LogP contribution is 2.26. The van der Waals surface area contributed by atoms with Crippen molar-refractivity contribution in [2.75, 3.05) is 12.4 Å². The number of sulfonamides is 1. The van der Waals surface area contributed by atoms with Crippen LogP contribution in [0.15, 0.2) is 35.2 Å². The number of aromatic nitrogens is 2. The molecule has 0 spiro atoms. The van der Waals surface area contributed by atoms with Gasteiger partial charge in [-0.1, -0.05) is 19.3 Å². The van der Waals surface area contributed by atoms with Crippen LogP contribution in [0.4, 0.5) is 5.82 Å². The fourth-order valence-corrected chi connectivity index (χ4v) is 4.92. The molecule has 8 heteroatoms. The van der Waals surface area contributed by atoms with Crippen LogP contribution in [0.3, 0.4) is 0 Å². The van der Waals surface area contributed by atoms with Gasteiger partial charge in [-0.3, -0.25) is 9.48 Å². The Bertz CT molecular complexity index is 913. The van der Waals surface area contributed by atoms with E-state index in [9.17, 15) is 13.2 Å². The summed E-state index contributed by atoms with van der Waals surface area (Å²) in [5.74, 6) is 0.286. The molecule has 0 unspecified atom stereocenters. The fourth-order valence-electron chi connectivity index (χ4n) is 3.50. The fraction of sp³-hybridized carbons (Fsp3) is 0.474. The molecule has 1 aliphatic carbocycles. The minimum absolute atomic E-state index is 0.0554. The number of carbonyl (C=O) groups is 1. The highest BCUT2D eigenvalue weighted by Gasteiger charge is 2.29. The summed E-state index contributed by atoms with van der Waals surface area (Å²) in [7, 11) is -0.157. The van der Waals surface area contributed by atoms with Crippen molar-refractivity contribution in [2.45, 2.75) is 50.0 Å². The van der Waals surface area contributed by atoms with E-state index in [1.807, 2.05) is 6.92 Å². The van der Waals surface area contributed by atoms with E-state index in [1.54, 1.807) is 37.0 Å². The summed E-state index contributed by atoms with van der Waals surface area (Å²) in [5.41, 5.74) is 1.20. The van der Waals surface area contributed by atoms with Crippen LogP contribution in [-0.2, 0) is 17.1 Å². The van der Waals surface area contributed by atoms with E-state index in [1.165, 1.54) is 22.9 Å². The predicted octanol–water partition coefficient (Wildman–Crippen LogP) is 2.93. The van der Waals surface area contributed by atoms with Crippen molar-refractivity contribution >= 4 is 21.7 Å². The molecule has 1 fully saturated rings. The second-order valence-corrected chi connectivity index (χ2v) is 9.08. The van der Waals surface area contributed by atoms with Crippen LogP contribution >= 0.6 is 0 Å². The minimum Gasteiger partial charge on any atom is -0.307 e. The Balaban J connectivity index is 1.73. The zero-order valence-corrected chi connectivity index (χ0v) is 16.8. The molecule has 1 saturated carbocycles. The van der Waals surface area contributed by atoms with Gasteiger partial charge in [-0.05, 0) is 44.0 Å². The molecule has 0 saturated heterocycles. The van der Waals surface area contributed by atoms with Gasteiger partial charge in [-0.15, -0.1) is 0 Å². The Morgan fingerprint density at radius 1 is 1.19 bits per heavy atom. The Labute approximate surface area is 160 Å². The molecule has 1 aliphatic rings. The summed E-state index contributed by atoms with van der Waals surface area (Å²) in [6.07, 6.45) is 5.11. The van der Waals surface area contributed by atoms with Crippen molar-refractivity contribution in [3.8, 4) is 0 Å². The molecule has 27 heavy (non-hydrogen) atoms. The van der Waals surface area contributed by atoms with Crippen molar-refractivity contribution in [1.82, 2.24) is 14.1 Å². The van der Waals surface area contributed by atoms with Crippen LogP contribution in [-0.4, -0.2) is 41.5 Å². The molecule has 1 aromatic carbocycles. The number of anilines is 1. The Morgan fingerprint density at radius 3 is 2.37 bits per heavy atom. The zero-order chi connectivity index (χ0) is 19.6. The van der Waals surface area contributed by atoms with E-state index in [2.05, 4.69) is 10.4 Å². The van der Waals surface area contributed by atoms with Gasteiger partial charge in [0.25, 0.3) is 5.91 Å². The van der Waals surface area contributed by atoms with Crippen LogP contribution in [0.5, 0.6) is 0 Å². The van der Waals surface area contributed by atoms with Gasteiger partial charge in [-0.2, -0.15) is 9.40 Å². The Hall–Kier alpha value is -2.19. The third-order valence-corrected chi connectivity index (χ3v) is 7.05. The van der Waals surface area contributed by atoms with Crippen molar-refractivity contribution in [3.05, 3.63) is 41.6 Å². The van der Waals surface area contributed by atoms with Crippen LogP contribution in [0.1, 0.15) is 48.2 Å². The molecule has 1 aromatic heterocycles. The van der Waals surface area contributed by atoms with E-state index in [0.29, 0.717) is 11.4 Å². The number of nitrogens with zero attached hydrogens (tertiary/aromatic N) is 3. The molecule has 1 amide bonds. The van der Waals surface area contributed by atoms with Gasteiger partial charge in [-0.25, -0.2) is 8.42 Å². The first-order valence-corrected chi connectivity index (χ1v) is 10.6. The molecule has 146 valence electrons. The number of hydrogen-bond acceptors (Lipinski definition) is 4. The quantitative estimate of drug-likeness (QED) is 0.851. The third-order valence-electron chi connectivity index (χ3n) is 5.13. The molecule has 7 nitrogen and oxygen atoms in total. The summed E-state index contributed by atoms with van der Waals surface area (Å²) in [5, 5.41) is 6.97. The first-order chi connectivity index (χ1) is 12.8. The summed E-state index contributed by atoms with van der Waals surface area (Å²) in [4.78, 5) is 12.6. The Kier molecular flexibility index (Phi) is 5.67. The highest BCUT2D eigenvalue weighted by molar-refractivity contribution is 7.89. The number of amides is 1. The number of benzene rings is 1. The normalized spacial score (nSPS) is 15.9. The maximum atomic E-state index is 12.9. The molecule has 3 rings (SSSR count). The minimum atomic E-state index is -3.56. The summed E-state index contributed by atoms with van der Waals surface area (Å²) in [6, 6.07) is 7.91. The predicted molar refractivity (Wildman–Crippen MR) is 104 cm³/mol. The molecule has 2 aromatic rings. The lowest BCUT2D eigenvalue weighted by molar-refractivity contribution is 0.102. The van der Waals surface area contributed by atoms with Crippen molar-refractivity contribution < 1.29 is 13.2 Å². The van der Waals surface area contributed by atoms with E-state index < -0.39 is 10.0 Å². The van der Waals surface area contributed by atoms with Crippen LogP contribution in [0.2, 0.25) is 0 Å². The lowest BCUT2D eigenvalue weighted by Gasteiger charge is -2.30. The number of hydrogen-bond donors (Lipinski definition) is 1. The van der Waals surface area contributed by atoms with Gasteiger partial charge in [0, 0.05) is 31.8 Å². The van der Waals surface area contributed by atoms with Crippen molar-refractivity contribution in [3.63, 3.8) is 0 Å². The molecule has 0 radical (unpaired) electrons. The van der Waals surface area contributed by atoms with E-state index in [-0.39, 0.29) is 16.8 Å². The number of aryl methyl sites for hydroxylation is 2. The van der Waals surface area contributed by atoms with Gasteiger partial charge in [0.05, 0.1) is 10.6 Å². The van der Waals surface area contributed by atoms with Gasteiger partial charge in [0.2, 0.25) is 10.0 Å². The van der Waals surface area contributed by atoms with Crippen molar-refractivity contribution in [1.29, 1.82) is 0 Å². The van der Waals surface area contributed by atoms with Gasteiger partial charge in [0.1, 0.15) is 5.82 Å². The molecule has 0 atom stereocenters. The van der Waals surface area contributed by atoms with E-state index in [4.69, 9.17) is 0 Å². The molecule has 1 N–H and O–H groups in total. The van der Waals surface area contributed by atoms with Gasteiger partial charge >= 0.3 is 0 Å². The average Bonchev–Trinajstić information content (AvgIpc) is 2.98. The van der Waals surface area contributed by atoms with Crippen LogP contribution in [0.25, 0.3) is 0 Å². The SMILES string of the molecule is Cc1cc(NC(=O)c2ccc(S(=O)(=O)N(C)C3CCCCC3)cc2)n(C)n1. The number of nitrogens with one attached hydrogen (secondary N) is 1. The second-order valence-electron chi connectivity index (χ2n) is 7.09. The molecule has 1 heterocycles. The first kappa shape index (κ1) is 19.6. The Morgan fingerprint density at radius 2 is 1.81 bits per heavy atom. The number of carbonyl (C=O) groups excluding carboxylic acids is 1. The maximum Gasteiger partial charge on any atom is 0.256 e. The van der Waals surface area contributed by atoms with Gasteiger partial charge < -0.3 is 5.32 Å². The summed E-state index contributed by atoms with van der Waals surface area (Å²) >= 11 is 0. The molecule has 0 aliphatic heterocycles. The van der Waals surface area contributed by atoms with E-state index >= 15 is 0 Å². The molecular weight excluding hydrogens is 364 g/mol. The van der Waals surface area contributed by atoms with Crippen molar-refractivity contribution in [2.24, 2.45) is 7.05 Å². The monoisotopic (exact) mass is 390 g/mol. The third kappa shape index (κ3) is 4.22.